The third kappa shape index (κ3) is 4.05. The topological polar surface area (TPSA) is 28.2 Å². The lowest BCUT2D eigenvalue weighted by molar-refractivity contribution is 0.435. The molecule has 3 nitrogen and oxygen atoms in total. The Labute approximate surface area is 125 Å². The maximum absolute atomic E-state index is 14.1. The maximum atomic E-state index is 14.1. The fourth-order valence-corrected chi connectivity index (χ4v) is 3.04. The van der Waals surface area contributed by atoms with Gasteiger partial charge in [0.15, 0.2) is 23.3 Å². The van der Waals surface area contributed by atoms with Crippen molar-refractivity contribution >= 4 is 11.6 Å². The van der Waals surface area contributed by atoms with Crippen LogP contribution >= 0.6 is 0 Å². The van der Waals surface area contributed by atoms with Crippen molar-refractivity contribution in [3.8, 4) is 0 Å². The minimum Gasteiger partial charge on any atom is -0.368 e. The van der Waals surface area contributed by atoms with Gasteiger partial charge in [-0.15, -0.1) is 0 Å². The first-order valence-electron chi connectivity index (χ1n) is 8.00. The lowest BCUT2D eigenvalue weighted by atomic mass is 9.96. The Kier molecular flexibility index (Phi) is 5.76. The van der Waals surface area contributed by atoms with Crippen molar-refractivity contribution < 1.29 is 8.78 Å². The first kappa shape index (κ1) is 16.0. The minimum atomic E-state index is -0.628. The zero-order valence-electron chi connectivity index (χ0n) is 13.0. The van der Waals surface area contributed by atoms with E-state index in [1.54, 1.807) is 0 Å². The van der Waals surface area contributed by atoms with E-state index in [1.165, 1.54) is 19.3 Å². The molecular weight excluding hydrogens is 272 g/mol. The van der Waals surface area contributed by atoms with Crippen LogP contribution < -0.4 is 10.2 Å². The van der Waals surface area contributed by atoms with Gasteiger partial charge in [-0.1, -0.05) is 19.8 Å². The molecule has 1 N–H and O–H groups in total. The minimum absolute atomic E-state index is 0.142. The number of aromatic nitrogens is 1. The van der Waals surface area contributed by atoms with Gasteiger partial charge in [0.05, 0.1) is 0 Å². The van der Waals surface area contributed by atoms with Crippen molar-refractivity contribution in [3.05, 3.63) is 17.7 Å². The third-order valence-corrected chi connectivity index (χ3v) is 4.10. The molecule has 1 saturated heterocycles. The normalized spacial score (nSPS) is 19.4. The fourth-order valence-electron chi connectivity index (χ4n) is 3.04. The van der Waals surface area contributed by atoms with Crippen LogP contribution in [-0.4, -0.2) is 24.6 Å². The summed E-state index contributed by atoms with van der Waals surface area (Å²) in [6, 6.07) is 0.939. The van der Waals surface area contributed by atoms with Gasteiger partial charge in [0.25, 0.3) is 0 Å². The SMILES string of the molecule is CCCC1CCCN(c2nc(NCC)c(F)cc2F)CC1. The number of rotatable bonds is 5. The van der Waals surface area contributed by atoms with Gasteiger partial charge < -0.3 is 10.2 Å². The van der Waals surface area contributed by atoms with Crippen molar-refractivity contribution in [1.29, 1.82) is 0 Å². The summed E-state index contributed by atoms with van der Waals surface area (Å²) in [5.41, 5.74) is 0. The number of anilines is 2. The third-order valence-electron chi connectivity index (χ3n) is 4.10. The van der Waals surface area contributed by atoms with E-state index in [9.17, 15) is 8.78 Å². The molecule has 1 fully saturated rings. The average Bonchev–Trinajstić information content (AvgIpc) is 2.68. The molecule has 0 amide bonds. The molecule has 2 heterocycles. The van der Waals surface area contributed by atoms with Crippen LogP contribution in [0.1, 0.15) is 46.0 Å². The van der Waals surface area contributed by atoms with Gasteiger partial charge in [0.1, 0.15) is 0 Å². The standard InChI is InChI=1S/C16H25F2N3/c1-3-6-12-7-5-9-21(10-8-12)16-14(18)11-13(17)15(20-16)19-4-2/h11-12H,3-10H2,1-2H3,(H,19,20). The largest absolute Gasteiger partial charge is 0.368 e. The van der Waals surface area contributed by atoms with E-state index in [0.717, 1.165) is 37.9 Å². The highest BCUT2D eigenvalue weighted by molar-refractivity contribution is 5.49. The molecule has 0 aromatic carbocycles. The smallest absolute Gasteiger partial charge is 0.168 e. The van der Waals surface area contributed by atoms with Crippen molar-refractivity contribution in [1.82, 2.24) is 4.98 Å². The summed E-state index contributed by atoms with van der Waals surface area (Å²) in [4.78, 5) is 6.13. The molecule has 1 aliphatic heterocycles. The molecular formula is C16H25F2N3. The van der Waals surface area contributed by atoms with Crippen molar-refractivity contribution in [2.24, 2.45) is 5.92 Å². The molecule has 21 heavy (non-hydrogen) atoms. The Morgan fingerprint density at radius 2 is 2.05 bits per heavy atom. The van der Waals surface area contributed by atoms with Gasteiger partial charge in [-0.2, -0.15) is 0 Å². The first-order valence-corrected chi connectivity index (χ1v) is 8.00. The van der Waals surface area contributed by atoms with Gasteiger partial charge in [0.2, 0.25) is 0 Å². The van der Waals surface area contributed by atoms with Crippen molar-refractivity contribution in [3.63, 3.8) is 0 Å². The molecule has 1 aromatic heterocycles. The van der Waals surface area contributed by atoms with Crippen LogP contribution in [0.4, 0.5) is 20.4 Å². The Morgan fingerprint density at radius 3 is 2.76 bits per heavy atom. The van der Waals surface area contributed by atoms with E-state index >= 15 is 0 Å². The van der Waals surface area contributed by atoms with E-state index < -0.39 is 11.6 Å². The summed E-state index contributed by atoms with van der Waals surface area (Å²) >= 11 is 0. The monoisotopic (exact) mass is 297 g/mol. The molecule has 2 rings (SSSR count). The van der Waals surface area contributed by atoms with Crippen LogP contribution in [0.5, 0.6) is 0 Å². The second kappa shape index (κ2) is 7.57. The zero-order valence-corrected chi connectivity index (χ0v) is 13.0. The Bertz CT molecular complexity index is 465. The summed E-state index contributed by atoms with van der Waals surface area (Å²) in [6.07, 6.45) is 5.71. The highest BCUT2D eigenvalue weighted by Crippen LogP contribution is 2.27. The summed E-state index contributed by atoms with van der Waals surface area (Å²) < 4.78 is 27.7. The Balaban J connectivity index is 2.15. The van der Waals surface area contributed by atoms with Gasteiger partial charge in [-0.05, 0) is 32.1 Å². The van der Waals surface area contributed by atoms with Crippen LogP contribution in [0.2, 0.25) is 0 Å². The molecule has 5 heteroatoms. The predicted octanol–water partition coefficient (Wildman–Crippen LogP) is 4.20. The number of hydrogen-bond donors (Lipinski definition) is 1. The molecule has 0 bridgehead atoms. The molecule has 118 valence electrons. The predicted molar refractivity (Wildman–Crippen MR) is 82.8 cm³/mol. The van der Waals surface area contributed by atoms with Gasteiger partial charge >= 0.3 is 0 Å². The first-order chi connectivity index (χ1) is 10.2. The van der Waals surface area contributed by atoms with Gasteiger partial charge in [0, 0.05) is 25.7 Å². The number of hydrogen-bond acceptors (Lipinski definition) is 3. The molecule has 0 aliphatic carbocycles. The van der Waals surface area contributed by atoms with E-state index in [0.29, 0.717) is 6.54 Å². The number of halogens is 2. The quantitative estimate of drug-likeness (QED) is 0.883. The van der Waals surface area contributed by atoms with E-state index in [2.05, 4.69) is 17.2 Å². The molecule has 1 aromatic rings. The van der Waals surface area contributed by atoms with Crippen LogP contribution in [0.3, 0.4) is 0 Å². The number of nitrogens with zero attached hydrogens (tertiary/aromatic N) is 2. The molecule has 1 unspecified atom stereocenters. The zero-order chi connectivity index (χ0) is 15.2. The summed E-state index contributed by atoms with van der Waals surface area (Å²) in [5, 5.41) is 2.85. The summed E-state index contributed by atoms with van der Waals surface area (Å²) in [5.74, 6) is -0.0515. The molecule has 0 saturated carbocycles. The second-order valence-electron chi connectivity index (χ2n) is 5.73. The van der Waals surface area contributed by atoms with E-state index in [1.807, 2.05) is 11.8 Å². The molecule has 0 spiro atoms. The lowest BCUT2D eigenvalue weighted by Gasteiger charge is -2.23. The molecule has 1 aliphatic rings. The fraction of sp³-hybridized carbons (Fsp3) is 0.688. The molecule has 0 radical (unpaired) electrons. The van der Waals surface area contributed by atoms with Gasteiger partial charge in [-0.3, -0.25) is 0 Å². The Hall–Kier alpha value is -1.39. The maximum Gasteiger partial charge on any atom is 0.168 e. The summed E-state index contributed by atoms with van der Waals surface area (Å²) in [7, 11) is 0. The van der Waals surface area contributed by atoms with Gasteiger partial charge in [-0.25, -0.2) is 13.8 Å². The van der Waals surface area contributed by atoms with Crippen LogP contribution in [0.15, 0.2) is 6.07 Å². The second-order valence-corrected chi connectivity index (χ2v) is 5.73. The van der Waals surface area contributed by atoms with Crippen LogP contribution in [0, 0.1) is 17.6 Å². The lowest BCUT2D eigenvalue weighted by Crippen LogP contribution is -2.27. The highest BCUT2D eigenvalue weighted by atomic mass is 19.1. The Morgan fingerprint density at radius 1 is 1.24 bits per heavy atom. The van der Waals surface area contributed by atoms with Crippen LogP contribution in [-0.2, 0) is 0 Å². The van der Waals surface area contributed by atoms with Crippen molar-refractivity contribution in [2.45, 2.75) is 46.0 Å². The van der Waals surface area contributed by atoms with Crippen molar-refractivity contribution in [2.75, 3.05) is 29.9 Å². The number of nitrogens with one attached hydrogen (secondary N) is 1. The summed E-state index contributed by atoms with van der Waals surface area (Å²) in [6.45, 7) is 6.22. The van der Waals surface area contributed by atoms with E-state index in [-0.39, 0.29) is 11.6 Å². The average molecular weight is 297 g/mol. The highest BCUT2D eigenvalue weighted by Gasteiger charge is 2.21. The number of pyridine rings is 1. The van der Waals surface area contributed by atoms with Crippen LogP contribution in [0.25, 0.3) is 0 Å². The van der Waals surface area contributed by atoms with E-state index in [4.69, 9.17) is 0 Å². The molecule has 1 atom stereocenters.